The number of imide groups is 1. The maximum absolute atomic E-state index is 12.7. The van der Waals surface area contributed by atoms with Crippen LogP contribution < -0.4 is 10.1 Å². The van der Waals surface area contributed by atoms with Crippen LogP contribution in [0.5, 0.6) is 11.5 Å². The lowest BCUT2D eigenvalue weighted by Gasteiger charge is -2.12. The van der Waals surface area contributed by atoms with E-state index in [1.165, 1.54) is 0 Å². The highest BCUT2D eigenvalue weighted by Gasteiger charge is 2.36. The molecule has 3 aromatic carbocycles. The minimum Gasteiger partial charge on any atom is -0.457 e. The molecule has 0 bridgehead atoms. The third-order valence-electron chi connectivity index (χ3n) is 4.65. The first-order chi connectivity index (χ1) is 15.5. The number of rotatable bonds is 6. The number of carbonyl (C=O) groups is 3. The van der Waals surface area contributed by atoms with E-state index < -0.39 is 17.1 Å². The summed E-state index contributed by atoms with van der Waals surface area (Å²) in [5, 5.41) is 2.23. The Balaban J connectivity index is 1.43. The minimum atomic E-state index is -0.492. The van der Waals surface area contributed by atoms with Crippen molar-refractivity contribution >= 4 is 40.6 Å². The van der Waals surface area contributed by atoms with Gasteiger partial charge in [0.05, 0.1) is 4.91 Å². The highest BCUT2D eigenvalue weighted by molar-refractivity contribution is 8.18. The van der Waals surface area contributed by atoms with Crippen LogP contribution >= 0.6 is 11.8 Å². The van der Waals surface area contributed by atoms with Gasteiger partial charge < -0.3 is 10.1 Å². The largest absolute Gasteiger partial charge is 0.457 e. The molecule has 0 radical (unpaired) electrons. The molecule has 0 unspecified atom stereocenters. The Morgan fingerprint density at radius 1 is 0.969 bits per heavy atom. The molecule has 4 rings (SSSR count). The van der Waals surface area contributed by atoms with Gasteiger partial charge in [0.2, 0.25) is 5.91 Å². The van der Waals surface area contributed by atoms with E-state index in [4.69, 9.17) is 4.74 Å². The van der Waals surface area contributed by atoms with Crippen molar-refractivity contribution in [2.24, 2.45) is 0 Å². The molecular weight excluding hydrogens is 424 g/mol. The molecular formula is C25H20N2O4S. The Bertz CT molecular complexity index is 1190. The van der Waals surface area contributed by atoms with E-state index in [1.807, 2.05) is 67.6 Å². The summed E-state index contributed by atoms with van der Waals surface area (Å²) >= 11 is 0.814. The average molecular weight is 445 g/mol. The quantitative estimate of drug-likeness (QED) is 0.511. The van der Waals surface area contributed by atoms with E-state index in [0.29, 0.717) is 22.7 Å². The fourth-order valence-corrected chi connectivity index (χ4v) is 3.90. The fourth-order valence-electron chi connectivity index (χ4n) is 3.06. The minimum absolute atomic E-state index is 0.259. The molecule has 1 fully saturated rings. The van der Waals surface area contributed by atoms with E-state index in [9.17, 15) is 14.4 Å². The normalized spacial score (nSPS) is 14.7. The number of benzene rings is 3. The van der Waals surface area contributed by atoms with Gasteiger partial charge in [-0.05, 0) is 66.7 Å². The highest BCUT2D eigenvalue weighted by Crippen LogP contribution is 2.33. The Hall–Kier alpha value is -3.84. The van der Waals surface area contributed by atoms with E-state index >= 15 is 0 Å². The molecule has 1 N–H and O–H groups in total. The van der Waals surface area contributed by atoms with Crippen LogP contribution in [-0.2, 0) is 9.59 Å². The molecule has 6 nitrogen and oxygen atoms in total. The number of ether oxygens (including phenoxy) is 1. The van der Waals surface area contributed by atoms with Gasteiger partial charge in [0.25, 0.3) is 11.1 Å². The number of amides is 3. The lowest BCUT2D eigenvalue weighted by Crippen LogP contribution is -2.36. The lowest BCUT2D eigenvalue weighted by molar-refractivity contribution is -0.127. The van der Waals surface area contributed by atoms with E-state index in [-0.39, 0.29) is 11.4 Å². The topological polar surface area (TPSA) is 75.7 Å². The van der Waals surface area contributed by atoms with Crippen LogP contribution in [0, 0.1) is 6.92 Å². The first-order valence-electron chi connectivity index (χ1n) is 9.93. The van der Waals surface area contributed by atoms with Gasteiger partial charge in [-0.15, -0.1) is 0 Å². The van der Waals surface area contributed by atoms with Gasteiger partial charge in [0.1, 0.15) is 18.0 Å². The van der Waals surface area contributed by atoms with Gasteiger partial charge in [0.15, 0.2) is 0 Å². The lowest BCUT2D eigenvalue weighted by atomic mass is 10.2. The molecule has 1 aliphatic heterocycles. The van der Waals surface area contributed by atoms with Crippen LogP contribution in [0.3, 0.4) is 0 Å². The maximum atomic E-state index is 12.7. The predicted octanol–water partition coefficient (Wildman–Crippen LogP) is 5.46. The molecule has 0 saturated carbocycles. The van der Waals surface area contributed by atoms with E-state index in [0.717, 1.165) is 22.2 Å². The van der Waals surface area contributed by atoms with Crippen molar-refractivity contribution in [3.8, 4) is 11.5 Å². The molecule has 1 aliphatic rings. The number of anilines is 1. The summed E-state index contributed by atoms with van der Waals surface area (Å²) in [6.07, 6.45) is 1.63. The van der Waals surface area contributed by atoms with Crippen LogP contribution in [0.15, 0.2) is 83.8 Å². The van der Waals surface area contributed by atoms with Gasteiger partial charge in [0, 0.05) is 5.69 Å². The second-order valence-corrected chi connectivity index (χ2v) is 8.16. The highest BCUT2D eigenvalue weighted by atomic mass is 32.2. The van der Waals surface area contributed by atoms with Crippen LogP contribution in [0.4, 0.5) is 10.5 Å². The number of nitrogens with zero attached hydrogens (tertiary/aromatic N) is 1. The molecule has 3 aromatic rings. The summed E-state index contributed by atoms with van der Waals surface area (Å²) in [6, 6.07) is 23.9. The van der Waals surface area contributed by atoms with Gasteiger partial charge in [-0.3, -0.25) is 19.3 Å². The monoisotopic (exact) mass is 444 g/mol. The van der Waals surface area contributed by atoms with E-state index in [2.05, 4.69) is 5.32 Å². The van der Waals surface area contributed by atoms with E-state index in [1.54, 1.807) is 24.3 Å². The molecule has 0 spiro atoms. The molecule has 0 atom stereocenters. The van der Waals surface area contributed by atoms with Crippen molar-refractivity contribution in [2.75, 3.05) is 11.9 Å². The van der Waals surface area contributed by atoms with Crippen LogP contribution in [0.1, 0.15) is 11.1 Å². The van der Waals surface area contributed by atoms with Crippen LogP contribution in [0.25, 0.3) is 6.08 Å². The second kappa shape index (κ2) is 9.53. The SMILES string of the molecule is Cc1ccc(NC(=O)CN2C(=O)S/C(=C/c3cccc(Oc4ccccc4)c3)C2=O)cc1. The summed E-state index contributed by atoms with van der Waals surface area (Å²) in [7, 11) is 0. The zero-order valence-corrected chi connectivity index (χ0v) is 18.1. The Morgan fingerprint density at radius 3 is 2.44 bits per heavy atom. The molecule has 32 heavy (non-hydrogen) atoms. The summed E-state index contributed by atoms with van der Waals surface area (Å²) in [6.45, 7) is 1.61. The number of hydrogen-bond acceptors (Lipinski definition) is 5. The molecule has 3 amide bonds. The number of para-hydroxylation sites is 1. The fraction of sp³-hybridized carbons (Fsp3) is 0.0800. The van der Waals surface area contributed by atoms with Gasteiger partial charge in [-0.25, -0.2) is 0 Å². The Morgan fingerprint density at radius 2 is 1.69 bits per heavy atom. The van der Waals surface area contributed by atoms with Gasteiger partial charge in [-0.2, -0.15) is 0 Å². The van der Waals surface area contributed by atoms with Gasteiger partial charge in [-0.1, -0.05) is 48.0 Å². The zero-order chi connectivity index (χ0) is 22.5. The smallest absolute Gasteiger partial charge is 0.294 e. The van der Waals surface area contributed by atoms with Crippen molar-refractivity contribution in [3.63, 3.8) is 0 Å². The number of hydrogen-bond donors (Lipinski definition) is 1. The van der Waals surface area contributed by atoms with Crippen molar-refractivity contribution in [1.82, 2.24) is 4.90 Å². The molecule has 1 heterocycles. The summed E-state index contributed by atoms with van der Waals surface area (Å²) < 4.78 is 5.82. The van der Waals surface area contributed by atoms with Crippen molar-refractivity contribution in [3.05, 3.63) is 94.9 Å². The number of carbonyl (C=O) groups excluding carboxylic acids is 3. The Kier molecular flexibility index (Phi) is 6.37. The predicted molar refractivity (Wildman–Crippen MR) is 125 cm³/mol. The Labute approximate surface area is 189 Å². The maximum Gasteiger partial charge on any atom is 0.294 e. The number of nitrogens with one attached hydrogen (secondary N) is 1. The van der Waals surface area contributed by atoms with Crippen molar-refractivity contribution < 1.29 is 19.1 Å². The zero-order valence-electron chi connectivity index (χ0n) is 17.3. The third-order valence-corrected chi connectivity index (χ3v) is 5.55. The summed E-state index contributed by atoms with van der Waals surface area (Å²) in [5.41, 5.74) is 2.39. The first kappa shape index (κ1) is 21.4. The number of thioether (sulfide) groups is 1. The molecule has 7 heteroatoms. The first-order valence-corrected chi connectivity index (χ1v) is 10.7. The summed E-state index contributed by atoms with van der Waals surface area (Å²) in [5.74, 6) is 0.385. The van der Waals surface area contributed by atoms with Crippen LogP contribution in [0.2, 0.25) is 0 Å². The summed E-state index contributed by atoms with van der Waals surface area (Å²) in [4.78, 5) is 38.6. The van der Waals surface area contributed by atoms with Crippen molar-refractivity contribution in [2.45, 2.75) is 6.92 Å². The molecule has 160 valence electrons. The van der Waals surface area contributed by atoms with Gasteiger partial charge >= 0.3 is 0 Å². The third kappa shape index (κ3) is 5.25. The molecule has 1 saturated heterocycles. The molecule has 0 aliphatic carbocycles. The molecule has 0 aromatic heterocycles. The van der Waals surface area contributed by atoms with Crippen molar-refractivity contribution in [1.29, 1.82) is 0 Å². The second-order valence-electron chi connectivity index (χ2n) is 7.17. The standard InChI is InChI=1S/C25H20N2O4S/c1-17-10-12-19(13-11-17)26-23(28)16-27-24(29)22(32-25(27)30)15-18-6-5-9-21(14-18)31-20-7-3-2-4-8-20/h2-15H,16H2,1H3,(H,26,28)/b22-15+. The average Bonchev–Trinajstić information content (AvgIpc) is 3.03. The number of aryl methyl sites for hydroxylation is 1. The van der Waals surface area contributed by atoms with Crippen LogP contribution in [-0.4, -0.2) is 28.5 Å².